The number of benzene rings is 2. The summed E-state index contributed by atoms with van der Waals surface area (Å²) < 4.78 is 52.9. The number of nitrogens with zero attached hydrogens (tertiary/aromatic N) is 4. The van der Waals surface area contributed by atoms with Crippen LogP contribution in [0.2, 0.25) is 0 Å². The number of hydrogen-bond donors (Lipinski definition) is 1. The number of rotatable bonds is 8. The normalized spacial score (nSPS) is 11.5. The Morgan fingerprint density at radius 1 is 1.03 bits per heavy atom. The topological polar surface area (TPSA) is 108 Å². The molecule has 2 heterocycles. The van der Waals surface area contributed by atoms with Crippen LogP contribution in [0, 0.1) is 5.82 Å². The molecular weight excluding hydrogens is 425 g/mol. The summed E-state index contributed by atoms with van der Waals surface area (Å²) >= 11 is 0. The summed E-state index contributed by atoms with van der Waals surface area (Å²) in [4.78, 5) is -0.416. The molecule has 2 aromatic heterocycles. The minimum atomic E-state index is -3.99. The van der Waals surface area contributed by atoms with E-state index < -0.39 is 20.7 Å². The zero-order chi connectivity index (χ0) is 21.8. The van der Waals surface area contributed by atoms with Gasteiger partial charge < -0.3 is 9.47 Å². The van der Waals surface area contributed by atoms with Crippen molar-refractivity contribution < 1.29 is 22.3 Å². The number of aromatic nitrogens is 4. The minimum absolute atomic E-state index is 0.0156. The molecule has 9 nitrogen and oxygen atoms in total. The highest BCUT2D eigenvalue weighted by molar-refractivity contribution is 7.89. The third kappa shape index (κ3) is 4.32. The Morgan fingerprint density at radius 3 is 2.61 bits per heavy atom. The highest BCUT2D eigenvalue weighted by Gasteiger charge is 2.18. The fraction of sp³-hybridized carbons (Fsp3) is 0.150. The largest absolute Gasteiger partial charge is 0.496 e. The Bertz CT molecular complexity index is 1330. The number of nitrogens with one attached hydrogen (secondary N) is 1. The standard InChI is InChI=1S/C20H18FN5O4S/c1-29-16-8-4-2-6-14(16)20-24-23-18-10-11-19(25-26(18)20)30-13-12-22-31(27,28)17-9-5-3-7-15(17)21/h2-11,22H,12-13H2,1H3. The monoisotopic (exact) mass is 443 g/mol. The first kappa shape index (κ1) is 20.7. The van der Waals surface area contributed by atoms with Crippen molar-refractivity contribution in [3.63, 3.8) is 0 Å². The van der Waals surface area contributed by atoms with Gasteiger partial charge in [-0.15, -0.1) is 15.3 Å². The zero-order valence-electron chi connectivity index (χ0n) is 16.4. The molecule has 0 amide bonds. The first-order valence-corrected chi connectivity index (χ1v) is 10.7. The van der Waals surface area contributed by atoms with Gasteiger partial charge in [0.05, 0.1) is 12.7 Å². The van der Waals surface area contributed by atoms with E-state index in [9.17, 15) is 12.8 Å². The SMILES string of the molecule is COc1ccccc1-c1nnc2ccc(OCCNS(=O)(=O)c3ccccc3F)nn12. The van der Waals surface area contributed by atoms with Crippen molar-refractivity contribution >= 4 is 15.7 Å². The number of halogens is 1. The van der Waals surface area contributed by atoms with Crippen molar-refractivity contribution in [2.24, 2.45) is 0 Å². The highest BCUT2D eigenvalue weighted by atomic mass is 32.2. The van der Waals surface area contributed by atoms with Gasteiger partial charge in [-0.25, -0.2) is 17.5 Å². The molecule has 0 spiro atoms. The van der Waals surface area contributed by atoms with E-state index in [1.165, 1.54) is 22.7 Å². The maximum Gasteiger partial charge on any atom is 0.243 e. The van der Waals surface area contributed by atoms with E-state index in [-0.39, 0.29) is 19.0 Å². The van der Waals surface area contributed by atoms with Crippen molar-refractivity contribution in [3.8, 4) is 23.0 Å². The quantitative estimate of drug-likeness (QED) is 0.416. The Labute approximate surface area is 177 Å². The lowest BCUT2D eigenvalue weighted by atomic mass is 10.2. The van der Waals surface area contributed by atoms with Crippen molar-refractivity contribution in [1.29, 1.82) is 0 Å². The van der Waals surface area contributed by atoms with Gasteiger partial charge in [0.15, 0.2) is 11.5 Å². The number of sulfonamides is 1. The smallest absolute Gasteiger partial charge is 0.243 e. The first-order valence-electron chi connectivity index (χ1n) is 9.22. The maximum absolute atomic E-state index is 13.7. The van der Waals surface area contributed by atoms with E-state index in [2.05, 4.69) is 20.0 Å². The molecule has 0 atom stereocenters. The molecule has 4 aromatic rings. The molecule has 0 saturated heterocycles. The third-order valence-electron chi connectivity index (χ3n) is 4.36. The van der Waals surface area contributed by atoms with Gasteiger partial charge in [-0.1, -0.05) is 24.3 Å². The van der Waals surface area contributed by atoms with Crippen LogP contribution in [0.1, 0.15) is 0 Å². The Hall–Kier alpha value is -3.57. The third-order valence-corrected chi connectivity index (χ3v) is 5.85. The molecule has 0 aliphatic carbocycles. The Balaban J connectivity index is 1.47. The van der Waals surface area contributed by atoms with Gasteiger partial charge >= 0.3 is 0 Å². The second-order valence-electron chi connectivity index (χ2n) is 6.34. The van der Waals surface area contributed by atoms with Crippen LogP contribution in [-0.2, 0) is 10.0 Å². The van der Waals surface area contributed by atoms with E-state index in [0.717, 1.165) is 6.07 Å². The van der Waals surface area contributed by atoms with E-state index in [1.54, 1.807) is 25.3 Å². The van der Waals surface area contributed by atoms with Crippen molar-refractivity contribution in [3.05, 3.63) is 66.5 Å². The summed E-state index contributed by atoms with van der Waals surface area (Å²) in [7, 11) is -2.42. The second-order valence-corrected chi connectivity index (χ2v) is 8.08. The van der Waals surface area contributed by atoms with E-state index in [4.69, 9.17) is 9.47 Å². The van der Waals surface area contributed by atoms with Crippen molar-refractivity contribution in [2.45, 2.75) is 4.90 Å². The van der Waals surface area contributed by atoms with Crippen molar-refractivity contribution in [2.75, 3.05) is 20.3 Å². The van der Waals surface area contributed by atoms with E-state index in [0.29, 0.717) is 22.8 Å². The average Bonchev–Trinajstić information content (AvgIpc) is 3.20. The van der Waals surface area contributed by atoms with Crippen molar-refractivity contribution in [1.82, 2.24) is 24.5 Å². The Morgan fingerprint density at radius 2 is 1.81 bits per heavy atom. The summed E-state index contributed by atoms with van der Waals surface area (Å²) in [5.74, 6) is 0.513. The molecule has 31 heavy (non-hydrogen) atoms. The number of para-hydroxylation sites is 1. The predicted octanol–water partition coefficient (Wildman–Crippen LogP) is 2.30. The van der Waals surface area contributed by atoms with Gasteiger partial charge in [-0.3, -0.25) is 0 Å². The van der Waals surface area contributed by atoms with E-state index >= 15 is 0 Å². The molecule has 0 saturated carbocycles. The van der Waals surface area contributed by atoms with Crippen LogP contribution >= 0.6 is 0 Å². The first-order chi connectivity index (χ1) is 15.0. The average molecular weight is 443 g/mol. The molecule has 0 aliphatic heterocycles. The van der Waals surface area contributed by atoms with Crippen LogP contribution in [0.4, 0.5) is 4.39 Å². The minimum Gasteiger partial charge on any atom is -0.496 e. The molecule has 11 heteroatoms. The second kappa shape index (κ2) is 8.66. The van der Waals surface area contributed by atoms with E-state index in [1.807, 2.05) is 18.2 Å². The molecule has 4 rings (SSSR count). The maximum atomic E-state index is 13.7. The van der Waals surface area contributed by atoms with Gasteiger partial charge in [0, 0.05) is 12.6 Å². The van der Waals surface area contributed by atoms with Crippen LogP contribution in [0.25, 0.3) is 17.0 Å². The molecule has 1 N–H and O–H groups in total. The summed E-state index contributed by atoms with van der Waals surface area (Å²) in [6.45, 7) is -0.0871. The molecule has 0 fully saturated rings. The van der Waals surface area contributed by atoms with Gasteiger partial charge in [0.2, 0.25) is 15.9 Å². The molecule has 0 aliphatic rings. The van der Waals surface area contributed by atoms with Crippen LogP contribution < -0.4 is 14.2 Å². The number of fused-ring (bicyclic) bond motifs is 1. The van der Waals surface area contributed by atoms with Gasteiger partial charge in [0.25, 0.3) is 0 Å². The Kier molecular flexibility index (Phi) is 5.78. The molecular formula is C20H18FN5O4S. The van der Waals surface area contributed by atoms with Gasteiger partial charge in [-0.05, 0) is 30.3 Å². The molecule has 160 valence electrons. The number of methoxy groups -OCH3 is 1. The molecule has 0 unspecified atom stereocenters. The lowest BCUT2D eigenvalue weighted by Crippen LogP contribution is -2.29. The lowest BCUT2D eigenvalue weighted by Gasteiger charge is -2.09. The summed E-state index contributed by atoms with van der Waals surface area (Å²) in [5.41, 5.74) is 1.22. The fourth-order valence-corrected chi connectivity index (χ4v) is 4.01. The molecule has 0 bridgehead atoms. The molecule has 2 aromatic carbocycles. The van der Waals surface area contributed by atoms with Crippen LogP contribution in [0.3, 0.4) is 0 Å². The highest BCUT2D eigenvalue weighted by Crippen LogP contribution is 2.28. The number of ether oxygens (including phenoxy) is 2. The van der Waals surface area contributed by atoms with Crippen LogP contribution in [0.5, 0.6) is 11.6 Å². The van der Waals surface area contributed by atoms with Crippen LogP contribution in [0.15, 0.2) is 65.6 Å². The number of hydrogen-bond acceptors (Lipinski definition) is 7. The summed E-state index contributed by atoms with van der Waals surface area (Å²) in [5, 5.41) is 12.6. The van der Waals surface area contributed by atoms with Gasteiger partial charge in [-0.2, -0.15) is 4.52 Å². The summed E-state index contributed by atoms with van der Waals surface area (Å²) in [6.07, 6.45) is 0. The summed E-state index contributed by atoms with van der Waals surface area (Å²) in [6, 6.07) is 15.8. The van der Waals surface area contributed by atoms with Gasteiger partial charge in [0.1, 0.15) is 23.1 Å². The molecule has 0 radical (unpaired) electrons. The fourth-order valence-electron chi connectivity index (χ4n) is 2.92. The van der Waals surface area contributed by atoms with Crippen LogP contribution in [-0.4, -0.2) is 48.5 Å². The lowest BCUT2D eigenvalue weighted by molar-refractivity contribution is 0.305. The zero-order valence-corrected chi connectivity index (χ0v) is 17.2. The predicted molar refractivity (Wildman–Crippen MR) is 110 cm³/mol.